The van der Waals surface area contributed by atoms with E-state index in [1.165, 1.54) is 6.92 Å². The molecule has 112 valence electrons. The van der Waals surface area contributed by atoms with Crippen LogP contribution in [-0.4, -0.2) is 36.4 Å². The molecule has 0 fully saturated rings. The van der Waals surface area contributed by atoms with Crippen LogP contribution in [0.3, 0.4) is 0 Å². The number of rotatable bonds is 7. The van der Waals surface area contributed by atoms with Crippen LogP contribution < -0.4 is 0 Å². The van der Waals surface area contributed by atoms with Crippen LogP contribution in [0.25, 0.3) is 0 Å². The lowest BCUT2D eigenvalue weighted by Gasteiger charge is -2.24. The van der Waals surface area contributed by atoms with E-state index in [1.807, 2.05) is 0 Å². The molecular weight excluding hydrogens is 285 g/mol. The van der Waals surface area contributed by atoms with Crippen molar-refractivity contribution in [3.63, 3.8) is 0 Å². The molecule has 0 atom stereocenters. The monoisotopic (exact) mass is 302 g/mol. The Kier molecular flexibility index (Phi) is 7.25. The van der Waals surface area contributed by atoms with Gasteiger partial charge in [-0.2, -0.15) is 13.2 Å². The molecule has 0 saturated carbocycles. The van der Waals surface area contributed by atoms with Gasteiger partial charge in [-0.1, -0.05) is 11.8 Å². The Bertz CT molecular complexity index is 300. The van der Waals surface area contributed by atoms with Gasteiger partial charge in [0.25, 0.3) is 0 Å². The van der Waals surface area contributed by atoms with E-state index in [-0.39, 0.29) is 31.4 Å². The minimum Gasteiger partial charge on any atom is -0.465 e. The number of carbonyl (C=O) groups excluding carboxylic acids is 2. The Morgan fingerprint density at radius 2 is 1.47 bits per heavy atom. The number of thioether (sulfide) groups is 1. The van der Waals surface area contributed by atoms with Gasteiger partial charge in [0.1, 0.15) is 0 Å². The topological polar surface area (TPSA) is 52.6 Å². The number of esters is 2. The first-order chi connectivity index (χ1) is 8.67. The molecule has 0 amide bonds. The van der Waals surface area contributed by atoms with Crippen molar-refractivity contribution in [1.29, 1.82) is 0 Å². The number of hydrogen-bond donors (Lipinski definition) is 0. The molecular formula is C11H17F3O4S. The van der Waals surface area contributed by atoms with Gasteiger partial charge in [-0.15, -0.1) is 0 Å². The molecule has 0 N–H and O–H groups in total. The lowest BCUT2D eigenvalue weighted by atomic mass is 9.87. The zero-order chi connectivity index (χ0) is 15.1. The summed E-state index contributed by atoms with van der Waals surface area (Å²) in [6.07, 6.45) is -0.297. The Balaban J connectivity index is 4.76. The van der Waals surface area contributed by atoms with Crippen molar-refractivity contribution in [3.05, 3.63) is 0 Å². The molecule has 0 saturated heterocycles. The van der Waals surface area contributed by atoms with E-state index >= 15 is 0 Å². The van der Waals surface area contributed by atoms with Crippen molar-refractivity contribution in [3.8, 4) is 0 Å². The average molecular weight is 302 g/mol. The van der Waals surface area contributed by atoms with Crippen LogP contribution in [0.5, 0.6) is 0 Å². The van der Waals surface area contributed by atoms with Crippen LogP contribution in [-0.2, 0) is 19.1 Å². The molecule has 4 nitrogen and oxygen atoms in total. The highest BCUT2D eigenvalue weighted by atomic mass is 32.2. The van der Waals surface area contributed by atoms with Crippen LogP contribution in [0.15, 0.2) is 0 Å². The molecule has 0 aliphatic carbocycles. The van der Waals surface area contributed by atoms with Gasteiger partial charge in [0, 0.05) is 5.75 Å². The predicted octanol–water partition coefficient (Wildman–Crippen LogP) is 2.76. The molecule has 0 aromatic heterocycles. The molecule has 0 unspecified atom stereocenters. The van der Waals surface area contributed by atoms with Gasteiger partial charge in [0.2, 0.25) is 0 Å². The third-order valence-corrected chi connectivity index (χ3v) is 3.06. The number of carbonyl (C=O) groups is 2. The van der Waals surface area contributed by atoms with Crippen LogP contribution in [0.2, 0.25) is 0 Å². The van der Waals surface area contributed by atoms with Crippen LogP contribution in [0.1, 0.15) is 27.2 Å². The lowest BCUT2D eigenvalue weighted by Crippen LogP contribution is -2.40. The minimum absolute atomic E-state index is 0.0419. The molecule has 0 aliphatic heterocycles. The standard InChI is InChI=1S/C11H17F3O4S/c1-4-17-8(15)10(3,9(16)18-5-2)6-7-19-11(12,13)14/h4-7H2,1-3H3. The molecule has 0 aromatic rings. The van der Waals surface area contributed by atoms with Gasteiger partial charge in [-0.3, -0.25) is 9.59 Å². The van der Waals surface area contributed by atoms with Crippen molar-refractivity contribution in [2.45, 2.75) is 32.7 Å². The molecule has 0 spiro atoms. The maximum atomic E-state index is 12.1. The molecule has 8 heteroatoms. The first-order valence-electron chi connectivity index (χ1n) is 5.72. The summed E-state index contributed by atoms with van der Waals surface area (Å²) in [5.74, 6) is -2.15. The highest BCUT2D eigenvalue weighted by molar-refractivity contribution is 8.00. The fourth-order valence-electron chi connectivity index (χ4n) is 1.24. The highest BCUT2D eigenvalue weighted by Crippen LogP contribution is 2.34. The summed E-state index contributed by atoms with van der Waals surface area (Å²) in [4.78, 5) is 23.4. The fraction of sp³-hybridized carbons (Fsp3) is 0.818. The molecule has 19 heavy (non-hydrogen) atoms. The zero-order valence-corrected chi connectivity index (χ0v) is 11.8. The maximum absolute atomic E-state index is 12.1. The third kappa shape index (κ3) is 6.17. The van der Waals surface area contributed by atoms with E-state index in [9.17, 15) is 22.8 Å². The van der Waals surface area contributed by atoms with Gasteiger partial charge in [0.05, 0.1) is 13.2 Å². The van der Waals surface area contributed by atoms with Crippen molar-refractivity contribution in [2.24, 2.45) is 5.41 Å². The van der Waals surface area contributed by atoms with Crippen LogP contribution in [0, 0.1) is 5.41 Å². The van der Waals surface area contributed by atoms with E-state index < -0.39 is 28.6 Å². The molecule has 0 aromatic carbocycles. The SMILES string of the molecule is CCOC(=O)C(C)(CCSC(F)(F)F)C(=O)OCC. The van der Waals surface area contributed by atoms with Crippen molar-refractivity contribution in [2.75, 3.05) is 19.0 Å². The number of halogens is 3. The normalized spacial score (nSPS) is 12.1. The Labute approximate surface area is 114 Å². The zero-order valence-electron chi connectivity index (χ0n) is 11.0. The predicted molar refractivity (Wildman–Crippen MR) is 64.5 cm³/mol. The van der Waals surface area contributed by atoms with E-state index in [1.54, 1.807) is 13.8 Å². The summed E-state index contributed by atoms with van der Waals surface area (Å²) < 4.78 is 45.6. The summed E-state index contributed by atoms with van der Waals surface area (Å²) in [7, 11) is 0. The van der Waals surface area contributed by atoms with Crippen LogP contribution in [0.4, 0.5) is 13.2 Å². The van der Waals surface area contributed by atoms with Crippen molar-refractivity contribution in [1.82, 2.24) is 0 Å². The van der Waals surface area contributed by atoms with Gasteiger partial charge in [0.15, 0.2) is 5.41 Å². The van der Waals surface area contributed by atoms with E-state index in [4.69, 9.17) is 9.47 Å². The molecule has 0 bridgehead atoms. The average Bonchev–Trinajstić information content (AvgIpc) is 2.27. The van der Waals surface area contributed by atoms with Crippen molar-refractivity contribution >= 4 is 23.7 Å². The number of alkyl halides is 3. The quantitative estimate of drug-likeness (QED) is 0.534. The Morgan fingerprint density at radius 1 is 1.05 bits per heavy atom. The Morgan fingerprint density at radius 3 is 1.79 bits per heavy atom. The van der Waals surface area contributed by atoms with Gasteiger partial charge < -0.3 is 9.47 Å². The second-order valence-electron chi connectivity index (χ2n) is 3.82. The first-order valence-corrected chi connectivity index (χ1v) is 6.71. The summed E-state index contributed by atoms with van der Waals surface area (Å²) in [5, 5.41) is 0. The van der Waals surface area contributed by atoms with Crippen molar-refractivity contribution < 1.29 is 32.2 Å². The number of ether oxygens (including phenoxy) is 2. The molecule has 0 rings (SSSR count). The molecule has 0 heterocycles. The summed E-state index contributed by atoms with van der Waals surface area (Å²) in [6.45, 7) is 4.42. The summed E-state index contributed by atoms with van der Waals surface area (Å²) in [6, 6.07) is 0. The smallest absolute Gasteiger partial charge is 0.441 e. The van der Waals surface area contributed by atoms with E-state index in [0.717, 1.165) is 0 Å². The lowest BCUT2D eigenvalue weighted by molar-refractivity contribution is -0.170. The fourth-order valence-corrected chi connectivity index (χ4v) is 1.98. The van der Waals surface area contributed by atoms with E-state index in [0.29, 0.717) is 0 Å². The molecule has 0 radical (unpaired) electrons. The van der Waals surface area contributed by atoms with Gasteiger partial charge in [-0.05, 0) is 27.2 Å². The van der Waals surface area contributed by atoms with Gasteiger partial charge in [-0.25, -0.2) is 0 Å². The summed E-state index contributed by atoms with van der Waals surface area (Å²) in [5.41, 5.74) is -6.10. The third-order valence-electron chi connectivity index (χ3n) is 2.32. The molecule has 0 aliphatic rings. The second-order valence-corrected chi connectivity index (χ2v) is 4.98. The maximum Gasteiger partial charge on any atom is 0.441 e. The summed E-state index contributed by atoms with van der Waals surface area (Å²) >= 11 is -0.284. The van der Waals surface area contributed by atoms with Gasteiger partial charge >= 0.3 is 17.4 Å². The van der Waals surface area contributed by atoms with E-state index in [2.05, 4.69) is 0 Å². The first kappa shape index (κ1) is 18.1. The second kappa shape index (κ2) is 7.62. The largest absolute Gasteiger partial charge is 0.465 e. The van der Waals surface area contributed by atoms with Crippen LogP contribution >= 0.6 is 11.8 Å². The minimum atomic E-state index is -4.40. The highest BCUT2D eigenvalue weighted by Gasteiger charge is 2.44. The number of hydrogen-bond acceptors (Lipinski definition) is 5. The Hall–Kier alpha value is -0.920.